The van der Waals surface area contributed by atoms with Gasteiger partial charge in [0.2, 0.25) is 0 Å². The number of hydrogen-bond acceptors (Lipinski definition) is 2. The van der Waals surface area contributed by atoms with Crippen molar-refractivity contribution in [1.82, 2.24) is 4.90 Å². The van der Waals surface area contributed by atoms with Crippen molar-refractivity contribution in [2.24, 2.45) is 17.6 Å². The monoisotopic (exact) mass is 344 g/mol. The zero-order valence-corrected chi connectivity index (χ0v) is 13.9. The van der Waals surface area contributed by atoms with Crippen LogP contribution < -0.4 is 5.73 Å². The molecule has 4 heteroatoms. The van der Waals surface area contributed by atoms with Crippen molar-refractivity contribution < 1.29 is 0 Å². The number of rotatable bonds is 6. The lowest BCUT2D eigenvalue weighted by Crippen LogP contribution is -2.26. The van der Waals surface area contributed by atoms with E-state index in [1.165, 1.54) is 13.0 Å². The maximum atomic E-state index is 6.24. The second-order valence-corrected chi connectivity index (χ2v) is 7.12. The Bertz CT molecular complexity index is 438. The molecule has 3 atom stereocenters. The van der Waals surface area contributed by atoms with Crippen molar-refractivity contribution in [2.75, 3.05) is 20.1 Å². The van der Waals surface area contributed by atoms with Crippen LogP contribution in [-0.4, -0.2) is 25.0 Å². The Balaban J connectivity index is 1.81. The Morgan fingerprint density at radius 1 is 1.53 bits per heavy atom. The molecule has 1 fully saturated rings. The Morgan fingerprint density at radius 3 is 2.79 bits per heavy atom. The van der Waals surface area contributed by atoms with Gasteiger partial charge in [-0.15, -0.1) is 0 Å². The minimum atomic E-state index is 0.0136. The lowest BCUT2D eigenvalue weighted by Gasteiger charge is -2.20. The number of nitrogens with zero attached hydrogens (tertiary/aromatic N) is 1. The molecule has 106 valence electrons. The molecule has 0 saturated heterocycles. The summed E-state index contributed by atoms with van der Waals surface area (Å²) >= 11 is 9.64. The standard InChI is InChI=1S/C15H22BrClN2/c1-10-7-11(10)9-19(2)6-5-15(18)13-4-3-12(16)8-14(13)17/h3-4,8,10-11,15H,5-7,9,18H2,1-2H3. The summed E-state index contributed by atoms with van der Waals surface area (Å²) in [6.45, 7) is 4.55. The van der Waals surface area contributed by atoms with E-state index in [9.17, 15) is 0 Å². The maximum absolute atomic E-state index is 6.24. The normalized spacial score (nSPS) is 23.7. The second-order valence-electron chi connectivity index (χ2n) is 5.80. The highest BCUT2D eigenvalue weighted by Gasteiger charge is 2.32. The van der Waals surface area contributed by atoms with Crippen molar-refractivity contribution in [3.63, 3.8) is 0 Å². The summed E-state index contributed by atoms with van der Waals surface area (Å²) < 4.78 is 0.994. The fourth-order valence-corrected chi connectivity index (χ4v) is 3.28. The fraction of sp³-hybridized carbons (Fsp3) is 0.600. The molecule has 0 heterocycles. The van der Waals surface area contributed by atoms with Crippen LogP contribution in [0.3, 0.4) is 0 Å². The highest BCUT2D eigenvalue weighted by molar-refractivity contribution is 9.10. The third-order valence-corrected chi connectivity index (χ3v) is 4.83. The van der Waals surface area contributed by atoms with Crippen LogP contribution in [0.15, 0.2) is 22.7 Å². The molecule has 0 amide bonds. The van der Waals surface area contributed by atoms with Gasteiger partial charge in [-0.2, -0.15) is 0 Å². The van der Waals surface area contributed by atoms with Crippen LogP contribution in [-0.2, 0) is 0 Å². The Morgan fingerprint density at radius 2 is 2.21 bits per heavy atom. The Kier molecular flexibility index (Phi) is 5.29. The lowest BCUT2D eigenvalue weighted by atomic mass is 10.0. The van der Waals surface area contributed by atoms with Crippen LogP contribution in [0.2, 0.25) is 5.02 Å². The van der Waals surface area contributed by atoms with Gasteiger partial charge in [-0.05, 0) is 56.0 Å². The van der Waals surface area contributed by atoms with Gasteiger partial charge in [0.1, 0.15) is 0 Å². The molecule has 0 spiro atoms. The van der Waals surface area contributed by atoms with Gasteiger partial charge >= 0.3 is 0 Å². The lowest BCUT2D eigenvalue weighted by molar-refractivity contribution is 0.301. The molecule has 19 heavy (non-hydrogen) atoms. The van der Waals surface area contributed by atoms with E-state index < -0.39 is 0 Å². The van der Waals surface area contributed by atoms with E-state index >= 15 is 0 Å². The summed E-state index contributed by atoms with van der Waals surface area (Å²) in [7, 11) is 2.18. The summed E-state index contributed by atoms with van der Waals surface area (Å²) in [5.41, 5.74) is 7.28. The smallest absolute Gasteiger partial charge is 0.0464 e. The van der Waals surface area contributed by atoms with Gasteiger partial charge in [0.15, 0.2) is 0 Å². The number of hydrogen-bond donors (Lipinski definition) is 1. The van der Waals surface area contributed by atoms with Crippen molar-refractivity contribution in [1.29, 1.82) is 0 Å². The minimum Gasteiger partial charge on any atom is -0.324 e. The van der Waals surface area contributed by atoms with Crippen LogP contribution in [0.25, 0.3) is 0 Å². The van der Waals surface area contributed by atoms with E-state index in [2.05, 4.69) is 34.8 Å². The highest BCUT2D eigenvalue weighted by Crippen LogP contribution is 2.38. The third kappa shape index (κ3) is 4.45. The Hall–Kier alpha value is -0.0900. The molecule has 1 saturated carbocycles. The van der Waals surface area contributed by atoms with Crippen LogP contribution in [0, 0.1) is 11.8 Å². The summed E-state index contributed by atoms with van der Waals surface area (Å²) in [5, 5.41) is 0.750. The van der Waals surface area contributed by atoms with E-state index in [-0.39, 0.29) is 6.04 Å². The topological polar surface area (TPSA) is 29.3 Å². The zero-order valence-electron chi connectivity index (χ0n) is 11.6. The van der Waals surface area contributed by atoms with Crippen molar-refractivity contribution >= 4 is 27.5 Å². The van der Waals surface area contributed by atoms with Gasteiger partial charge in [-0.1, -0.05) is 40.5 Å². The molecule has 2 rings (SSSR count). The van der Waals surface area contributed by atoms with E-state index in [4.69, 9.17) is 17.3 Å². The molecule has 0 aromatic heterocycles. The highest BCUT2D eigenvalue weighted by atomic mass is 79.9. The summed E-state index contributed by atoms with van der Waals surface area (Å²) in [6, 6.07) is 5.93. The molecule has 1 aliphatic rings. The van der Waals surface area contributed by atoms with E-state index in [1.807, 2.05) is 18.2 Å². The van der Waals surface area contributed by atoms with Gasteiger partial charge in [0.05, 0.1) is 0 Å². The van der Waals surface area contributed by atoms with Crippen molar-refractivity contribution in [3.05, 3.63) is 33.3 Å². The Labute approximate surface area is 129 Å². The first-order chi connectivity index (χ1) is 8.97. The van der Waals surface area contributed by atoms with Gasteiger partial charge in [0, 0.05) is 22.1 Å². The SMILES string of the molecule is CC1CC1CN(C)CCC(N)c1ccc(Br)cc1Cl. The first kappa shape index (κ1) is 15.3. The fourth-order valence-electron chi connectivity index (χ4n) is 2.46. The summed E-state index contributed by atoms with van der Waals surface area (Å²) in [6.07, 6.45) is 2.33. The average molecular weight is 346 g/mol. The molecule has 3 unspecified atom stereocenters. The number of benzene rings is 1. The van der Waals surface area contributed by atoms with Crippen LogP contribution in [0.5, 0.6) is 0 Å². The average Bonchev–Trinajstić information content (AvgIpc) is 3.01. The largest absolute Gasteiger partial charge is 0.324 e. The predicted molar refractivity (Wildman–Crippen MR) is 85.5 cm³/mol. The third-order valence-electron chi connectivity index (χ3n) is 4.01. The molecule has 0 radical (unpaired) electrons. The van der Waals surface area contributed by atoms with Gasteiger partial charge in [0.25, 0.3) is 0 Å². The van der Waals surface area contributed by atoms with Crippen LogP contribution in [0.4, 0.5) is 0 Å². The number of halogens is 2. The predicted octanol–water partition coefficient (Wildman–Crippen LogP) is 4.08. The second kappa shape index (κ2) is 6.57. The molecule has 0 aliphatic heterocycles. The minimum absolute atomic E-state index is 0.0136. The summed E-state index contributed by atoms with van der Waals surface area (Å²) in [5.74, 6) is 1.81. The maximum Gasteiger partial charge on any atom is 0.0464 e. The molecule has 1 aromatic carbocycles. The number of nitrogens with two attached hydrogens (primary N) is 1. The molecule has 2 N–H and O–H groups in total. The molecule has 2 nitrogen and oxygen atoms in total. The first-order valence-corrected chi connectivity index (χ1v) is 8.03. The van der Waals surface area contributed by atoms with E-state index in [1.54, 1.807) is 0 Å². The van der Waals surface area contributed by atoms with E-state index in [0.717, 1.165) is 39.9 Å². The van der Waals surface area contributed by atoms with Crippen molar-refractivity contribution in [3.8, 4) is 0 Å². The van der Waals surface area contributed by atoms with Crippen molar-refractivity contribution in [2.45, 2.75) is 25.8 Å². The first-order valence-electron chi connectivity index (χ1n) is 6.86. The van der Waals surface area contributed by atoms with Gasteiger partial charge in [-0.3, -0.25) is 0 Å². The molecular formula is C15H22BrClN2. The van der Waals surface area contributed by atoms with Gasteiger partial charge < -0.3 is 10.6 Å². The molecule has 1 aliphatic carbocycles. The van der Waals surface area contributed by atoms with Crippen LogP contribution in [0.1, 0.15) is 31.4 Å². The van der Waals surface area contributed by atoms with Gasteiger partial charge in [-0.25, -0.2) is 0 Å². The zero-order chi connectivity index (χ0) is 14.0. The van der Waals surface area contributed by atoms with Crippen LogP contribution >= 0.6 is 27.5 Å². The van der Waals surface area contributed by atoms with E-state index in [0.29, 0.717) is 0 Å². The quantitative estimate of drug-likeness (QED) is 0.841. The molecule has 1 aromatic rings. The molecule has 0 bridgehead atoms. The molecular weight excluding hydrogens is 324 g/mol. The summed E-state index contributed by atoms with van der Waals surface area (Å²) in [4.78, 5) is 2.39.